The van der Waals surface area contributed by atoms with Crippen molar-refractivity contribution in [2.24, 2.45) is 0 Å². The largest absolute Gasteiger partial charge is 0.644 e. The van der Waals surface area contributed by atoms with Crippen LogP contribution in [-0.4, -0.2) is 26.2 Å². The van der Waals surface area contributed by atoms with Crippen LogP contribution in [0.4, 0.5) is 24.6 Å². The Labute approximate surface area is 98.1 Å². The van der Waals surface area contributed by atoms with E-state index in [-0.39, 0.29) is 11.4 Å². The molecular weight excluding hydrogens is 294 g/mol. The maximum absolute atomic E-state index is 12.0. The van der Waals surface area contributed by atoms with Gasteiger partial charge in [0.25, 0.3) is 8.07 Å². The van der Waals surface area contributed by atoms with Crippen LogP contribution in [0.15, 0.2) is 22.8 Å². The summed E-state index contributed by atoms with van der Waals surface area (Å²) in [5.41, 5.74) is 4.68. The van der Waals surface area contributed by atoms with Crippen molar-refractivity contribution in [1.82, 2.24) is 0 Å². The van der Waals surface area contributed by atoms with Gasteiger partial charge in [0.1, 0.15) is 0 Å². The van der Waals surface area contributed by atoms with Gasteiger partial charge in [0, 0.05) is 0 Å². The summed E-state index contributed by atoms with van der Waals surface area (Å²) in [6.45, 7) is 0. The summed E-state index contributed by atoms with van der Waals surface area (Å²) in [4.78, 5) is 0. The van der Waals surface area contributed by atoms with E-state index in [1.165, 1.54) is 0 Å². The molecule has 0 aromatic heterocycles. The Bertz CT molecular complexity index is 363. The lowest BCUT2D eigenvalue weighted by molar-refractivity contribution is 0.497. The quantitative estimate of drug-likeness (QED) is 0.324. The van der Waals surface area contributed by atoms with Gasteiger partial charge in [-0.3, -0.25) is 0 Å². The molecule has 0 unspecified atom stereocenters. The number of terminal acetylenes is 2. The highest BCUT2D eigenvalue weighted by Gasteiger charge is 2.37. The molecule has 0 radical (unpaired) electrons. The molecule has 92 valence electrons. The number of rotatable bonds is 4. The molecule has 0 aliphatic heterocycles. The molecule has 0 heterocycles. The lowest BCUT2D eigenvalue weighted by Gasteiger charge is -2.09. The van der Waals surface area contributed by atoms with Gasteiger partial charge in [-0.2, -0.15) is 0 Å². The zero-order chi connectivity index (χ0) is 13.7. The summed E-state index contributed by atoms with van der Waals surface area (Å²) in [5.74, 6) is 0. The van der Waals surface area contributed by atoms with Gasteiger partial charge in [-0.15, -0.1) is 23.9 Å². The second kappa shape index (κ2) is 5.44. The summed E-state index contributed by atoms with van der Waals surface area (Å²) >= 11 is 0. The molecule has 0 rings (SSSR count). The van der Waals surface area contributed by atoms with Crippen LogP contribution >= 0.6 is 0 Å². The first-order valence-electron chi connectivity index (χ1n) is 4.03. The van der Waals surface area contributed by atoms with Crippen molar-refractivity contribution in [3.05, 3.63) is 22.8 Å². The van der Waals surface area contributed by atoms with Gasteiger partial charge in [0.05, 0.1) is 0 Å². The van der Waals surface area contributed by atoms with Crippen LogP contribution in [0, 0.1) is 23.9 Å². The summed E-state index contributed by atoms with van der Waals surface area (Å²) in [5, 5.41) is 0. The van der Waals surface area contributed by atoms with Gasteiger partial charge < -0.3 is 0 Å². The minimum absolute atomic E-state index is 0.0821. The average Bonchev–Trinajstić information content (AvgIpc) is 2.16. The van der Waals surface area contributed by atoms with Crippen LogP contribution in [0.2, 0.25) is 0 Å². The van der Waals surface area contributed by atoms with E-state index < -0.39 is 26.2 Å². The van der Waals surface area contributed by atoms with Gasteiger partial charge in [-0.05, 0) is 11.4 Å². The number of hydrogen-bond donors (Lipinski definition) is 0. The van der Waals surface area contributed by atoms with Gasteiger partial charge in [0.15, 0.2) is 0 Å². The molecule has 0 saturated heterocycles. The van der Waals surface area contributed by atoms with Crippen molar-refractivity contribution in [2.45, 2.75) is 0 Å². The molecule has 0 aromatic rings. The van der Waals surface area contributed by atoms with E-state index >= 15 is 0 Å². The van der Waals surface area contributed by atoms with E-state index in [9.17, 15) is 24.6 Å². The average molecular weight is 300 g/mol. The summed E-state index contributed by atoms with van der Waals surface area (Å²) in [6, 6.07) is 0. The van der Waals surface area contributed by atoms with E-state index in [1.807, 2.05) is 11.1 Å². The van der Waals surface area contributed by atoms with Gasteiger partial charge >= 0.3 is 18.2 Å². The Morgan fingerprint density at radius 3 is 1.12 bits per heavy atom. The first kappa shape index (κ1) is 15.8. The Balaban J connectivity index is 5.24. The minimum atomic E-state index is -6.02. The molecular formula is C8H6F6Si3. The van der Waals surface area contributed by atoms with Crippen molar-refractivity contribution < 1.29 is 24.6 Å². The Morgan fingerprint density at radius 2 is 0.941 bits per heavy atom. The molecule has 0 aliphatic carbocycles. The second-order valence-corrected chi connectivity index (χ2v) is 8.72. The molecule has 0 nitrogen and oxygen atoms in total. The molecule has 0 saturated carbocycles. The lowest BCUT2D eigenvalue weighted by atomic mass is 11.2. The van der Waals surface area contributed by atoms with E-state index in [1.54, 1.807) is 0 Å². The molecule has 9 heteroatoms. The first-order chi connectivity index (χ1) is 7.54. The molecule has 0 amide bonds. The van der Waals surface area contributed by atoms with Crippen LogP contribution in [-0.2, 0) is 0 Å². The highest BCUT2D eigenvalue weighted by Crippen LogP contribution is 2.16. The molecule has 0 bridgehead atoms. The van der Waals surface area contributed by atoms with Crippen LogP contribution < -0.4 is 0 Å². The maximum atomic E-state index is 12.0. The number of halogens is 6. The highest BCUT2D eigenvalue weighted by atomic mass is 28.5. The third-order valence-electron chi connectivity index (χ3n) is 1.55. The topological polar surface area (TPSA) is 0 Å². The first-order valence-corrected chi connectivity index (χ1v) is 9.61. The second-order valence-electron chi connectivity index (χ2n) is 2.91. The fourth-order valence-electron chi connectivity index (χ4n) is 0.742. The van der Waals surface area contributed by atoms with Crippen molar-refractivity contribution >= 4 is 26.2 Å². The monoisotopic (exact) mass is 300 g/mol. The Hall–Kier alpha value is -1.17. The van der Waals surface area contributed by atoms with E-state index in [4.69, 9.17) is 12.8 Å². The minimum Gasteiger partial charge on any atom is -0.234 e. The predicted molar refractivity (Wildman–Crippen MR) is 59.9 cm³/mol. The summed E-state index contributed by atoms with van der Waals surface area (Å²) < 4.78 is 72.2. The SMILES string of the molecule is C#C[Si](C#C)(C=C[Si](F)(F)F)C=C[Si](F)(F)F. The van der Waals surface area contributed by atoms with E-state index in [2.05, 4.69) is 0 Å². The molecule has 0 fully saturated rings. The lowest BCUT2D eigenvalue weighted by Crippen LogP contribution is -2.29. The fourth-order valence-corrected chi connectivity index (χ4v) is 4.94. The highest BCUT2D eigenvalue weighted by molar-refractivity contribution is 7.03. The van der Waals surface area contributed by atoms with Crippen LogP contribution in [0.5, 0.6) is 0 Å². The molecule has 0 aliphatic rings. The van der Waals surface area contributed by atoms with Crippen LogP contribution in [0.1, 0.15) is 0 Å². The zero-order valence-electron chi connectivity index (χ0n) is 8.23. The van der Waals surface area contributed by atoms with Crippen molar-refractivity contribution in [3.8, 4) is 23.9 Å². The zero-order valence-corrected chi connectivity index (χ0v) is 11.2. The molecule has 0 spiro atoms. The van der Waals surface area contributed by atoms with Crippen molar-refractivity contribution in [2.75, 3.05) is 0 Å². The van der Waals surface area contributed by atoms with E-state index in [0.29, 0.717) is 11.4 Å². The molecule has 0 aromatic carbocycles. The Morgan fingerprint density at radius 1 is 0.647 bits per heavy atom. The third-order valence-corrected chi connectivity index (χ3v) is 5.64. The maximum Gasteiger partial charge on any atom is 0.644 e. The van der Waals surface area contributed by atoms with Crippen molar-refractivity contribution in [1.29, 1.82) is 0 Å². The third kappa shape index (κ3) is 6.89. The summed E-state index contributed by atoms with van der Waals surface area (Å²) in [6.07, 6.45) is 9.88. The summed E-state index contributed by atoms with van der Waals surface area (Å²) in [7, 11) is -15.7. The van der Waals surface area contributed by atoms with Gasteiger partial charge in [-0.25, -0.2) is 24.6 Å². The molecule has 0 atom stereocenters. The normalized spacial score (nSPS) is 13.9. The van der Waals surface area contributed by atoms with Gasteiger partial charge in [-0.1, -0.05) is 11.4 Å². The van der Waals surface area contributed by atoms with Gasteiger partial charge in [0.2, 0.25) is 0 Å². The fraction of sp³-hybridized carbons (Fsp3) is 0. The van der Waals surface area contributed by atoms with Crippen molar-refractivity contribution in [3.63, 3.8) is 0 Å². The smallest absolute Gasteiger partial charge is 0.234 e. The predicted octanol–water partition coefficient (Wildman–Crippen LogP) is 2.74. The molecule has 0 N–H and O–H groups in total. The Kier molecular flexibility index (Phi) is 5.07. The van der Waals surface area contributed by atoms with Crippen LogP contribution in [0.25, 0.3) is 0 Å². The standard InChI is InChI=1S/C8H6F6Si3/c1-3-15(4-2,5-7-16(9,10)11)6-8-17(12,13)14/h1-2,5-8H. The molecule has 17 heavy (non-hydrogen) atoms. The number of hydrogen-bond acceptors (Lipinski definition) is 0. The van der Waals surface area contributed by atoms with E-state index in [0.717, 1.165) is 0 Å². The van der Waals surface area contributed by atoms with Crippen LogP contribution in [0.3, 0.4) is 0 Å².